The minimum atomic E-state index is -0.364. The number of hydrogen-bond donors (Lipinski definition) is 1. The molecule has 0 bridgehead atoms. The second-order valence-corrected chi connectivity index (χ2v) is 9.81. The zero-order valence-corrected chi connectivity index (χ0v) is 20.2. The molecule has 0 radical (unpaired) electrons. The number of benzene rings is 3. The van der Waals surface area contributed by atoms with Gasteiger partial charge in [-0.05, 0) is 0 Å². The summed E-state index contributed by atoms with van der Waals surface area (Å²) < 4.78 is 7.09. The van der Waals surface area contributed by atoms with Gasteiger partial charge in [-0.15, -0.1) is 0 Å². The van der Waals surface area contributed by atoms with E-state index in [0.29, 0.717) is 5.92 Å². The summed E-state index contributed by atoms with van der Waals surface area (Å²) in [6, 6.07) is 26.7. The van der Waals surface area contributed by atoms with E-state index in [0.717, 1.165) is 11.1 Å². The first-order valence-corrected chi connectivity index (χ1v) is 13.3. The van der Waals surface area contributed by atoms with Crippen molar-refractivity contribution in [2.75, 3.05) is 19.0 Å². The Hall–Kier alpha value is -2.13. The van der Waals surface area contributed by atoms with Crippen LogP contribution in [0.15, 0.2) is 72.8 Å². The van der Waals surface area contributed by atoms with Crippen LogP contribution in [0.2, 0.25) is 0 Å². The summed E-state index contributed by atoms with van der Waals surface area (Å²) in [5.41, 5.74) is 9.95. The Balaban J connectivity index is 1.44. The molecule has 1 unspecified atom stereocenters. The number of anilines is 1. The molecule has 31 heavy (non-hydrogen) atoms. The van der Waals surface area contributed by atoms with Gasteiger partial charge in [-0.3, -0.25) is 0 Å². The molecule has 3 aromatic rings. The van der Waals surface area contributed by atoms with Crippen LogP contribution in [0.5, 0.6) is 0 Å². The van der Waals surface area contributed by atoms with Crippen molar-refractivity contribution >= 4 is 17.3 Å². The van der Waals surface area contributed by atoms with E-state index in [9.17, 15) is 0 Å². The summed E-state index contributed by atoms with van der Waals surface area (Å²) in [4.78, 5) is 2.18. The van der Waals surface area contributed by atoms with E-state index in [1.807, 2.05) is 0 Å². The van der Waals surface area contributed by atoms with Crippen molar-refractivity contribution in [1.82, 2.24) is 0 Å². The van der Waals surface area contributed by atoms with Crippen LogP contribution in [0, 0.1) is 0 Å². The first-order chi connectivity index (χ1) is 15.2. The third-order valence-corrected chi connectivity index (χ3v) is 7.27. The summed E-state index contributed by atoms with van der Waals surface area (Å²) in [7, 11) is 4.21. The van der Waals surface area contributed by atoms with Gasteiger partial charge in [-0.2, -0.15) is 0 Å². The molecular formula is C28H32N2Ti. The SMILES string of the molecule is CN(C)c1ccc(CCCCC2C(c3ccccc3)=Cc3ccccc32)c([CH2][Ti][NH2])c1. The molecule has 0 aliphatic heterocycles. The average Bonchev–Trinajstić information content (AvgIpc) is 3.17. The predicted octanol–water partition coefficient (Wildman–Crippen LogP) is 6.26. The fraction of sp³-hybridized carbons (Fsp3) is 0.286. The molecule has 0 spiro atoms. The molecule has 4 rings (SSSR count). The van der Waals surface area contributed by atoms with Crippen LogP contribution >= 0.6 is 0 Å². The number of fused-ring (bicyclic) bond motifs is 1. The molecule has 0 heterocycles. The fourth-order valence-electron chi connectivity index (χ4n) is 4.69. The van der Waals surface area contributed by atoms with Gasteiger partial charge in [0, 0.05) is 0 Å². The molecule has 0 amide bonds. The van der Waals surface area contributed by atoms with Gasteiger partial charge >= 0.3 is 191 Å². The summed E-state index contributed by atoms with van der Waals surface area (Å²) >= 11 is -0.364. The van der Waals surface area contributed by atoms with Crippen molar-refractivity contribution in [2.24, 2.45) is 4.22 Å². The summed E-state index contributed by atoms with van der Waals surface area (Å²) in [5, 5.41) is 0. The van der Waals surface area contributed by atoms with Gasteiger partial charge in [-0.1, -0.05) is 6.07 Å². The number of allylic oxidation sites excluding steroid dienone is 1. The van der Waals surface area contributed by atoms with Crippen molar-refractivity contribution < 1.29 is 19.4 Å². The van der Waals surface area contributed by atoms with Crippen LogP contribution in [0.4, 0.5) is 5.69 Å². The number of nitrogens with zero attached hydrogens (tertiary/aromatic N) is 1. The second kappa shape index (κ2) is 10.5. The number of hydrogen-bond acceptors (Lipinski definition) is 2. The fourth-order valence-corrected chi connectivity index (χ4v) is 5.55. The van der Waals surface area contributed by atoms with Crippen molar-refractivity contribution in [2.45, 2.75) is 36.3 Å². The molecule has 0 saturated carbocycles. The Bertz CT molecular complexity index is 1040. The van der Waals surface area contributed by atoms with Crippen molar-refractivity contribution in [1.29, 1.82) is 0 Å². The van der Waals surface area contributed by atoms with Crippen LogP contribution < -0.4 is 9.12 Å². The molecule has 0 saturated heterocycles. The maximum absolute atomic E-state index is 6.01. The Morgan fingerprint density at radius 3 is 2.42 bits per heavy atom. The van der Waals surface area contributed by atoms with E-state index >= 15 is 0 Å². The molecule has 1 atom stereocenters. The van der Waals surface area contributed by atoms with E-state index in [4.69, 9.17) is 4.22 Å². The molecule has 2 nitrogen and oxygen atoms in total. The number of unbranched alkanes of at least 4 members (excludes halogenated alkanes) is 1. The summed E-state index contributed by atoms with van der Waals surface area (Å²) in [5.74, 6) is 0.505. The summed E-state index contributed by atoms with van der Waals surface area (Å²) in [6.07, 6.45) is 7.21. The third kappa shape index (κ3) is 5.21. The molecule has 1 aliphatic carbocycles. The molecule has 1 aliphatic rings. The van der Waals surface area contributed by atoms with Crippen LogP contribution in [-0.2, 0) is 30.6 Å². The standard InChI is InChI=1S/C28H30N.H2N.Ti/c1-21-19-25(29(2)3)18-17-22(21)11-7-10-16-27-26-15-9-8-14-24(26)20-28(27)23-12-5-4-6-13-23;;/h4-6,8-9,12-15,17-20,27H,1,7,10-11,16H2,2-3H3;1H2;/q;-1;+1. The monoisotopic (exact) mass is 444 g/mol. The first kappa shape index (κ1) is 22.1. The zero-order valence-electron chi connectivity index (χ0n) is 18.6. The molecular weight excluding hydrogens is 412 g/mol. The maximum atomic E-state index is 6.01. The topological polar surface area (TPSA) is 29.3 Å². The van der Waals surface area contributed by atoms with Gasteiger partial charge in [-0.25, -0.2) is 0 Å². The van der Waals surface area contributed by atoms with Gasteiger partial charge in [0.2, 0.25) is 0 Å². The van der Waals surface area contributed by atoms with Gasteiger partial charge in [0.15, 0.2) is 0 Å². The molecule has 3 heteroatoms. The van der Waals surface area contributed by atoms with Crippen LogP contribution in [0.1, 0.15) is 53.0 Å². The molecule has 0 fully saturated rings. The van der Waals surface area contributed by atoms with Gasteiger partial charge < -0.3 is 0 Å². The first-order valence-electron chi connectivity index (χ1n) is 11.3. The molecule has 2 N–H and O–H groups in total. The van der Waals surface area contributed by atoms with E-state index in [2.05, 4.69) is 97.9 Å². The molecule has 158 valence electrons. The number of rotatable bonds is 9. The summed E-state index contributed by atoms with van der Waals surface area (Å²) in [6.45, 7) is 0. The van der Waals surface area contributed by atoms with Gasteiger partial charge in [0.1, 0.15) is 0 Å². The normalized spacial score (nSPS) is 14.8. The average molecular weight is 444 g/mol. The van der Waals surface area contributed by atoms with E-state index in [1.54, 1.807) is 0 Å². The van der Waals surface area contributed by atoms with Crippen molar-refractivity contribution in [3.63, 3.8) is 0 Å². The quantitative estimate of drug-likeness (QED) is 0.312. The van der Waals surface area contributed by atoms with E-state index < -0.39 is 0 Å². The Morgan fingerprint density at radius 2 is 1.65 bits per heavy atom. The van der Waals surface area contributed by atoms with Crippen LogP contribution in [-0.4, -0.2) is 14.1 Å². The van der Waals surface area contributed by atoms with E-state index in [-0.39, 0.29) is 19.4 Å². The third-order valence-electron chi connectivity index (χ3n) is 6.35. The van der Waals surface area contributed by atoms with Crippen LogP contribution in [0.3, 0.4) is 0 Å². The van der Waals surface area contributed by atoms with Gasteiger partial charge in [0.05, 0.1) is 0 Å². The second-order valence-electron chi connectivity index (χ2n) is 8.62. The Morgan fingerprint density at radius 1 is 0.871 bits per heavy atom. The molecule has 0 aromatic heterocycles. The zero-order chi connectivity index (χ0) is 21.6. The molecule has 3 aromatic carbocycles. The predicted molar refractivity (Wildman–Crippen MR) is 130 cm³/mol. The van der Waals surface area contributed by atoms with Gasteiger partial charge in [0.25, 0.3) is 0 Å². The van der Waals surface area contributed by atoms with Crippen LogP contribution in [0.25, 0.3) is 11.6 Å². The van der Waals surface area contributed by atoms with Crippen molar-refractivity contribution in [3.05, 3.63) is 101 Å². The Labute approximate surface area is 196 Å². The van der Waals surface area contributed by atoms with Crippen molar-refractivity contribution in [3.8, 4) is 0 Å². The minimum absolute atomic E-state index is 0.364. The van der Waals surface area contributed by atoms with E-state index in [1.165, 1.54) is 58.3 Å². The Kier molecular flexibility index (Phi) is 7.45. The number of aryl methyl sites for hydroxylation is 1. The number of nitrogens with two attached hydrogens (primary N) is 1.